The number of ether oxygens (including phenoxy) is 1. The number of anilines is 1. The van der Waals surface area contributed by atoms with Gasteiger partial charge in [-0.2, -0.15) is 0 Å². The van der Waals surface area contributed by atoms with Crippen molar-refractivity contribution in [1.29, 1.82) is 0 Å². The highest BCUT2D eigenvalue weighted by atomic mass is 79.9. The number of furan rings is 1. The highest BCUT2D eigenvalue weighted by Crippen LogP contribution is 2.32. The van der Waals surface area contributed by atoms with Gasteiger partial charge in [0.15, 0.2) is 5.76 Å². The Morgan fingerprint density at radius 3 is 2.48 bits per heavy atom. The van der Waals surface area contributed by atoms with Crippen molar-refractivity contribution in [1.82, 2.24) is 0 Å². The molecule has 0 aliphatic rings. The molecular formula is C22H16BrNO3. The Balaban J connectivity index is 1.53. The number of fused-ring (bicyclic) bond motifs is 1. The zero-order valence-corrected chi connectivity index (χ0v) is 15.9. The summed E-state index contributed by atoms with van der Waals surface area (Å²) in [4.78, 5) is 12.8. The number of benzene rings is 3. The van der Waals surface area contributed by atoms with Crippen LogP contribution in [0.4, 0.5) is 5.69 Å². The molecule has 3 aromatic carbocycles. The fourth-order valence-corrected chi connectivity index (χ4v) is 3.19. The van der Waals surface area contributed by atoms with E-state index in [0.29, 0.717) is 29.2 Å². The highest BCUT2D eigenvalue weighted by Gasteiger charge is 2.20. The summed E-state index contributed by atoms with van der Waals surface area (Å²) in [6, 6.07) is 22.3. The predicted octanol–water partition coefficient (Wildman–Crippen LogP) is 5.59. The second-order valence-corrected chi connectivity index (χ2v) is 7.03. The van der Waals surface area contributed by atoms with E-state index in [-0.39, 0.29) is 11.5 Å². The van der Waals surface area contributed by atoms with Crippen LogP contribution in [0.15, 0.2) is 81.7 Å². The first-order valence-corrected chi connectivity index (χ1v) is 9.20. The fourth-order valence-electron chi connectivity index (χ4n) is 2.83. The molecule has 0 amide bonds. The van der Waals surface area contributed by atoms with E-state index in [1.165, 1.54) is 0 Å². The number of carbonyl (C=O) groups is 1. The van der Waals surface area contributed by atoms with E-state index < -0.39 is 0 Å². The Labute approximate surface area is 164 Å². The normalized spacial score (nSPS) is 10.9. The lowest BCUT2D eigenvalue weighted by atomic mass is 10.1. The largest absolute Gasteiger partial charge is 0.489 e. The molecule has 1 heterocycles. The fraction of sp³-hybridized carbons (Fsp3) is 0.0455. The monoisotopic (exact) mass is 421 g/mol. The average Bonchev–Trinajstić information content (AvgIpc) is 3.03. The molecular weight excluding hydrogens is 406 g/mol. The number of halogens is 1. The van der Waals surface area contributed by atoms with Crippen LogP contribution in [0.3, 0.4) is 0 Å². The van der Waals surface area contributed by atoms with Crippen LogP contribution in [0.1, 0.15) is 21.7 Å². The molecule has 0 unspecified atom stereocenters. The van der Waals surface area contributed by atoms with E-state index in [9.17, 15) is 4.79 Å². The molecule has 0 saturated heterocycles. The third-order valence-corrected chi connectivity index (χ3v) is 4.75. The summed E-state index contributed by atoms with van der Waals surface area (Å²) in [5.74, 6) is 0.590. The van der Waals surface area contributed by atoms with E-state index in [1.807, 2.05) is 42.5 Å². The van der Waals surface area contributed by atoms with Crippen LogP contribution in [0.2, 0.25) is 0 Å². The van der Waals surface area contributed by atoms with Gasteiger partial charge < -0.3 is 14.9 Å². The summed E-state index contributed by atoms with van der Waals surface area (Å²) in [5.41, 5.74) is 8.64. The van der Waals surface area contributed by atoms with Gasteiger partial charge >= 0.3 is 0 Å². The number of hydrogen-bond acceptors (Lipinski definition) is 4. The van der Waals surface area contributed by atoms with Crippen LogP contribution in [0.25, 0.3) is 11.0 Å². The van der Waals surface area contributed by atoms with Crippen molar-refractivity contribution < 1.29 is 13.9 Å². The second-order valence-electron chi connectivity index (χ2n) is 6.11. The quantitative estimate of drug-likeness (QED) is 0.426. The summed E-state index contributed by atoms with van der Waals surface area (Å²) in [5, 5.41) is 0.718. The van der Waals surface area contributed by atoms with Gasteiger partial charge in [0.05, 0.1) is 5.69 Å². The van der Waals surface area contributed by atoms with Gasteiger partial charge in [-0.1, -0.05) is 46.3 Å². The van der Waals surface area contributed by atoms with Gasteiger partial charge in [0.2, 0.25) is 5.78 Å². The van der Waals surface area contributed by atoms with Crippen LogP contribution in [0.5, 0.6) is 5.75 Å². The SMILES string of the molecule is Nc1c(C(=O)c2ccc(OCc3ccccc3)cc2)oc2ccc(Br)cc12. The summed E-state index contributed by atoms with van der Waals surface area (Å²) < 4.78 is 12.3. The third-order valence-electron chi connectivity index (χ3n) is 4.26. The number of carbonyl (C=O) groups excluding carboxylic acids is 1. The molecule has 0 radical (unpaired) electrons. The van der Waals surface area contributed by atoms with Crippen LogP contribution >= 0.6 is 15.9 Å². The first kappa shape index (κ1) is 17.4. The summed E-state index contributed by atoms with van der Waals surface area (Å²) in [7, 11) is 0. The maximum Gasteiger partial charge on any atom is 0.230 e. The van der Waals surface area contributed by atoms with Gasteiger partial charge in [-0.3, -0.25) is 4.79 Å². The minimum Gasteiger partial charge on any atom is -0.489 e. The molecule has 0 bridgehead atoms. The van der Waals surface area contributed by atoms with E-state index in [0.717, 1.165) is 15.4 Å². The van der Waals surface area contributed by atoms with Crippen LogP contribution in [-0.2, 0) is 6.61 Å². The Kier molecular flexibility index (Phi) is 4.69. The van der Waals surface area contributed by atoms with Crippen LogP contribution in [-0.4, -0.2) is 5.78 Å². The van der Waals surface area contributed by atoms with Crippen molar-refractivity contribution in [2.75, 3.05) is 5.73 Å². The van der Waals surface area contributed by atoms with Crippen molar-refractivity contribution in [2.45, 2.75) is 6.61 Å². The van der Waals surface area contributed by atoms with Gasteiger partial charge in [-0.25, -0.2) is 0 Å². The molecule has 0 saturated carbocycles. The number of hydrogen-bond donors (Lipinski definition) is 1. The van der Waals surface area contributed by atoms with E-state index in [2.05, 4.69) is 15.9 Å². The lowest BCUT2D eigenvalue weighted by molar-refractivity contribution is 0.101. The second kappa shape index (κ2) is 7.29. The minimum atomic E-state index is -0.255. The number of ketones is 1. The standard InChI is InChI=1S/C22H16BrNO3/c23-16-8-11-19-18(12-16)20(24)22(27-19)21(25)15-6-9-17(10-7-15)26-13-14-4-2-1-3-5-14/h1-12H,13,24H2. The van der Waals surface area contributed by atoms with Crippen molar-refractivity contribution in [3.05, 3.63) is 94.2 Å². The molecule has 4 rings (SSSR count). The van der Waals surface area contributed by atoms with E-state index >= 15 is 0 Å². The molecule has 4 nitrogen and oxygen atoms in total. The molecule has 134 valence electrons. The van der Waals surface area contributed by atoms with Crippen molar-refractivity contribution in [3.8, 4) is 5.75 Å². The molecule has 27 heavy (non-hydrogen) atoms. The molecule has 4 aromatic rings. The Morgan fingerprint density at radius 2 is 1.74 bits per heavy atom. The van der Waals surface area contributed by atoms with Crippen molar-refractivity contribution >= 4 is 38.4 Å². The molecule has 1 aromatic heterocycles. The van der Waals surface area contributed by atoms with Crippen molar-refractivity contribution in [3.63, 3.8) is 0 Å². The topological polar surface area (TPSA) is 65.5 Å². The first-order chi connectivity index (χ1) is 13.1. The maximum absolute atomic E-state index is 12.8. The zero-order chi connectivity index (χ0) is 18.8. The minimum absolute atomic E-state index is 0.154. The molecule has 0 aliphatic carbocycles. The summed E-state index contributed by atoms with van der Waals surface area (Å²) in [6.45, 7) is 0.472. The summed E-state index contributed by atoms with van der Waals surface area (Å²) in [6.07, 6.45) is 0. The van der Waals surface area contributed by atoms with Crippen molar-refractivity contribution in [2.24, 2.45) is 0 Å². The number of nitrogen functional groups attached to an aromatic ring is 1. The predicted molar refractivity (Wildman–Crippen MR) is 109 cm³/mol. The molecule has 5 heteroatoms. The lowest BCUT2D eigenvalue weighted by Crippen LogP contribution is -2.03. The average molecular weight is 422 g/mol. The van der Waals surface area contributed by atoms with E-state index in [1.54, 1.807) is 30.3 Å². The Morgan fingerprint density at radius 1 is 1.00 bits per heavy atom. The third kappa shape index (κ3) is 3.59. The van der Waals surface area contributed by atoms with Gasteiger partial charge in [-0.05, 0) is 48.0 Å². The van der Waals surface area contributed by atoms with Gasteiger partial charge in [0, 0.05) is 15.4 Å². The lowest BCUT2D eigenvalue weighted by Gasteiger charge is -2.07. The van der Waals surface area contributed by atoms with Crippen LogP contribution in [0, 0.1) is 0 Å². The number of rotatable bonds is 5. The Hall–Kier alpha value is -3.05. The maximum atomic E-state index is 12.8. The van der Waals surface area contributed by atoms with Gasteiger partial charge in [-0.15, -0.1) is 0 Å². The Bertz CT molecular complexity index is 1100. The van der Waals surface area contributed by atoms with Gasteiger partial charge in [0.1, 0.15) is 17.9 Å². The zero-order valence-electron chi connectivity index (χ0n) is 14.3. The molecule has 2 N–H and O–H groups in total. The van der Waals surface area contributed by atoms with E-state index in [4.69, 9.17) is 14.9 Å². The summed E-state index contributed by atoms with van der Waals surface area (Å²) >= 11 is 3.40. The van der Waals surface area contributed by atoms with Gasteiger partial charge in [0.25, 0.3) is 0 Å². The van der Waals surface area contributed by atoms with Crippen LogP contribution < -0.4 is 10.5 Å². The molecule has 0 fully saturated rings. The number of nitrogens with two attached hydrogens (primary N) is 1. The molecule has 0 atom stereocenters. The smallest absolute Gasteiger partial charge is 0.230 e. The highest BCUT2D eigenvalue weighted by molar-refractivity contribution is 9.10. The molecule has 0 aliphatic heterocycles. The first-order valence-electron chi connectivity index (χ1n) is 8.41. The molecule has 0 spiro atoms.